The van der Waals surface area contributed by atoms with Gasteiger partial charge in [0.2, 0.25) is 0 Å². The molecule has 0 spiro atoms. The third-order valence-electron chi connectivity index (χ3n) is 1.90. The van der Waals surface area contributed by atoms with E-state index < -0.39 is 13.6 Å². The van der Waals surface area contributed by atoms with Crippen molar-refractivity contribution in [1.82, 2.24) is 0 Å². The van der Waals surface area contributed by atoms with E-state index in [1.54, 1.807) is 0 Å². The highest BCUT2D eigenvalue weighted by molar-refractivity contribution is 7.03. The second kappa shape index (κ2) is 9.34. The molecule has 3 heteroatoms. The largest absolute Gasteiger partial charge is 0.591 e. The summed E-state index contributed by atoms with van der Waals surface area (Å²) in [5, 5.41) is 1.13. The molecule has 0 radical (unpaired) electrons. The highest BCUT2D eigenvalue weighted by atomic mass is 35.6. The Morgan fingerprint density at radius 3 is 2.46 bits per heavy atom. The van der Waals surface area contributed by atoms with Crippen molar-refractivity contribution in [1.29, 1.82) is 0 Å². The monoisotopic (exact) mass is 220 g/mol. The lowest BCUT2D eigenvalue weighted by atomic mass is 10.2. The van der Waals surface area contributed by atoms with Gasteiger partial charge >= 0.3 is 13.6 Å². The average molecular weight is 221 g/mol. The van der Waals surface area contributed by atoms with E-state index in [0.717, 1.165) is 11.9 Å². The van der Waals surface area contributed by atoms with Crippen LogP contribution in [0.2, 0.25) is 5.28 Å². The Bertz CT molecular complexity index is 109. The van der Waals surface area contributed by atoms with Gasteiger partial charge in [0, 0.05) is 6.61 Å². The number of halogens is 1. The molecular weight excluding hydrogens is 199 g/mol. The maximum atomic E-state index is 6.12. The molecule has 0 rings (SSSR count). The van der Waals surface area contributed by atoms with E-state index >= 15 is 0 Å². The lowest BCUT2D eigenvalue weighted by molar-refractivity contribution is 0.279. The van der Waals surface area contributed by atoms with Gasteiger partial charge in [0.15, 0.2) is 0 Å². The van der Waals surface area contributed by atoms with Crippen LogP contribution in [0.4, 0.5) is 0 Å². The molecular formula is C10H22AlClO. The average Bonchev–Trinajstić information content (AvgIpc) is 2.09. The predicted octanol–water partition coefficient (Wildman–Crippen LogP) is 3.97. The summed E-state index contributed by atoms with van der Waals surface area (Å²) in [4.78, 5) is 0. The van der Waals surface area contributed by atoms with Crippen molar-refractivity contribution in [3.05, 3.63) is 0 Å². The van der Waals surface area contributed by atoms with Crippen LogP contribution in [0.25, 0.3) is 0 Å². The second-order valence-corrected chi connectivity index (χ2v) is 7.18. The van der Waals surface area contributed by atoms with Gasteiger partial charge in [0.05, 0.1) is 0 Å². The first-order valence-electron chi connectivity index (χ1n) is 5.42. The molecule has 0 saturated heterocycles. The summed E-state index contributed by atoms with van der Waals surface area (Å²) in [6.07, 6.45) is 5.20. The molecule has 0 fully saturated rings. The van der Waals surface area contributed by atoms with Crippen LogP contribution in [-0.2, 0) is 3.79 Å². The summed E-state index contributed by atoms with van der Waals surface area (Å²) in [5.74, 6) is 0.615. The number of unbranched alkanes of at least 4 members (excludes halogenated alkanes) is 3. The van der Waals surface area contributed by atoms with Crippen molar-refractivity contribution in [2.45, 2.75) is 51.7 Å². The zero-order valence-electron chi connectivity index (χ0n) is 9.18. The lowest BCUT2D eigenvalue weighted by Crippen LogP contribution is -2.14. The highest BCUT2D eigenvalue weighted by Crippen LogP contribution is 2.10. The molecule has 0 saturated carbocycles. The summed E-state index contributed by atoms with van der Waals surface area (Å²) < 4.78 is 5.59. The fourth-order valence-corrected chi connectivity index (χ4v) is 3.16. The normalized spacial score (nSPS) is 10.8. The molecule has 0 N–H and O–H groups in total. The van der Waals surface area contributed by atoms with Crippen molar-refractivity contribution < 1.29 is 3.79 Å². The van der Waals surface area contributed by atoms with Crippen LogP contribution in [0, 0.1) is 5.92 Å². The van der Waals surface area contributed by atoms with Crippen molar-refractivity contribution in [2.75, 3.05) is 6.61 Å². The second-order valence-electron chi connectivity index (χ2n) is 3.99. The van der Waals surface area contributed by atoms with Gasteiger partial charge in [-0.05, 0) is 5.92 Å². The smallest absolute Gasteiger partial charge is 0.489 e. The highest BCUT2D eigenvalue weighted by Gasteiger charge is 2.17. The SMILES string of the molecule is CCCCC[CH2][Al]([Cl])[O]CC(C)C. The van der Waals surface area contributed by atoms with Crippen LogP contribution < -0.4 is 0 Å². The van der Waals surface area contributed by atoms with Crippen LogP contribution in [0.5, 0.6) is 0 Å². The molecule has 0 aromatic carbocycles. The third kappa shape index (κ3) is 10.7. The zero-order valence-corrected chi connectivity index (χ0v) is 11.1. The van der Waals surface area contributed by atoms with Crippen LogP contribution in [0.1, 0.15) is 46.5 Å². The van der Waals surface area contributed by atoms with Crippen LogP contribution in [-0.4, -0.2) is 20.2 Å². The molecule has 0 aliphatic heterocycles. The fourth-order valence-electron chi connectivity index (χ4n) is 1.11. The van der Waals surface area contributed by atoms with Crippen LogP contribution in [0.15, 0.2) is 0 Å². The van der Waals surface area contributed by atoms with E-state index in [0.29, 0.717) is 5.92 Å². The summed E-state index contributed by atoms with van der Waals surface area (Å²) in [7, 11) is 6.12. The van der Waals surface area contributed by atoms with Crippen molar-refractivity contribution in [3.63, 3.8) is 0 Å². The first-order valence-corrected chi connectivity index (χ1v) is 8.45. The summed E-state index contributed by atoms with van der Waals surface area (Å²) in [6.45, 7) is 7.39. The van der Waals surface area contributed by atoms with E-state index in [9.17, 15) is 0 Å². The summed E-state index contributed by atoms with van der Waals surface area (Å²) in [5.41, 5.74) is 0. The molecule has 1 nitrogen and oxygen atoms in total. The Balaban J connectivity index is 3.15. The lowest BCUT2D eigenvalue weighted by Gasteiger charge is -2.09. The Morgan fingerprint density at radius 1 is 1.23 bits per heavy atom. The van der Waals surface area contributed by atoms with Gasteiger partial charge in [0.1, 0.15) is 0 Å². The Kier molecular flexibility index (Phi) is 9.90. The van der Waals surface area contributed by atoms with Crippen LogP contribution in [0.3, 0.4) is 0 Å². The minimum absolute atomic E-state index is 0.615. The maximum absolute atomic E-state index is 6.12. The van der Waals surface area contributed by atoms with E-state index in [4.69, 9.17) is 13.8 Å². The molecule has 0 aliphatic rings. The van der Waals surface area contributed by atoms with Gasteiger partial charge in [-0.15, -0.1) is 0 Å². The molecule has 0 amide bonds. The minimum Gasteiger partial charge on any atom is -0.489 e. The molecule has 78 valence electrons. The van der Waals surface area contributed by atoms with Gasteiger partial charge < -0.3 is 3.79 Å². The molecule has 13 heavy (non-hydrogen) atoms. The van der Waals surface area contributed by atoms with E-state index in [2.05, 4.69) is 20.8 Å². The van der Waals surface area contributed by atoms with Gasteiger partial charge in [-0.25, -0.2) is 10.0 Å². The van der Waals surface area contributed by atoms with Gasteiger partial charge in [0.25, 0.3) is 0 Å². The first kappa shape index (κ1) is 13.8. The molecule has 0 aromatic heterocycles. The van der Waals surface area contributed by atoms with E-state index in [1.165, 1.54) is 25.7 Å². The van der Waals surface area contributed by atoms with E-state index in [1.807, 2.05) is 0 Å². The van der Waals surface area contributed by atoms with Gasteiger partial charge in [-0.1, -0.05) is 51.7 Å². The fraction of sp³-hybridized carbons (Fsp3) is 1.00. The molecule has 0 unspecified atom stereocenters. The Hall–Kier alpha value is 0.782. The van der Waals surface area contributed by atoms with Gasteiger partial charge in [-0.2, -0.15) is 0 Å². The molecule has 0 atom stereocenters. The van der Waals surface area contributed by atoms with Crippen molar-refractivity contribution in [2.24, 2.45) is 5.92 Å². The minimum atomic E-state index is -1.33. The third-order valence-corrected chi connectivity index (χ3v) is 4.34. The number of rotatable bonds is 8. The number of hydrogen-bond acceptors (Lipinski definition) is 1. The van der Waals surface area contributed by atoms with E-state index in [-0.39, 0.29) is 0 Å². The summed E-state index contributed by atoms with van der Waals surface area (Å²) in [6, 6.07) is 0. The van der Waals surface area contributed by atoms with Crippen molar-refractivity contribution in [3.8, 4) is 0 Å². The van der Waals surface area contributed by atoms with Gasteiger partial charge in [-0.3, -0.25) is 0 Å². The quantitative estimate of drug-likeness (QED) is 0.444. The molecule has 0 aromatic rings. The Morgan fingerprint density at radius 2 is 1.92 bits per heavy atom. The van der Waals surface area contributed by atoms with Crippen molar-refractivity contribution >= 4 is 23.6 Å². The number of hydrogen-bond donors (Lipinski definition) is 0. The molecule has 0 heterocycles. The predicted molar refractivity (Wildman–Crippen MR) is 61.3 cm³/mol. The Labute approximate surface area is 91.7 Å². The maximum Gasteiger partial charge on any atom is 0.591 e. The molecule has 0 aliphatic carbocycles. The first-order chi connectivity index (χ1) is 6.16. The zero-order chi connectivity index (χ0) is 10.1. The topological polar surface area (TPSA) is 9.23 Å². The summed E-state index contributed by atoms with van der Waals surface area (Å²) >= 11 is -1.33. The molecule has 0 bridgehead atoms. The van der Waals surface area contributed by atoms with Crippen LogP contribution >= 0.6 is 10.0 Å². The standard InChI is InChI=1S/C6H13.C4H9O.Al.ClH/c1-3-5-6-4-2;1-4(2)3-5;;/h1,3-6H2,2H3;4H,3H2,1-2H3;;1H/q;-1;+2;/p-1.